The van der Waals surface area contributed by atoms with Crippen LogP contribution in [0.5, 0.6) is 0 Å². The first kappa shape index (κ1) is 13.1. The van der Waals surface area contributed by atoms with Crippen molar-refractivity contribution >= 4 is 5.97 Å². The molecule has 1 aromatic rings. The quantitative estimate of drug-likeness (QED) is 0.820. The van der Waals surface area contributed by atoms with Crippen LogP contribution in [0.25, 0.3) is 0 Å². The van der Waals surface area contributed by atoms with Gasteiger partial charge in [0.15, 0.2) is 0 Å². The molecule has 0 saturated carbocycles. The van der Waals surface area contributed by atoms with Gasteiger partial charge in [0.2, 0.25) is 0 Å². The van der Waals surface area contributed by atoms with Crippen molar-refractivity contribution in [3.05, 3.63) is 35.9 Å². The number of esters is 1. The van der Waals surface area contributed by atoms with Gasteiger partial charge in [0, 0.05) is 6.04 Å². The molecule has 4 heteroatoms. The number of carbonyl (C=O) groups excluding carboxylic acids is 1. The fourth-order valence-corrected chi connectivity index (χ4v) is 2.61. The third-order valence-electron chi connectivity index (χ3n) is 3.48. The molecule has 2 atom stereocenters. The van der Waals surface area contributed by atoms with Crippen molar-refractivity contribution in [1.29, 1.82) is 0 Å². The minimum absolute atomic E-state index is 0.0748. The van der Waals surface area contributed by atoms with Crippen molar-refractivity contribution in [2.45, 2.75) is 24.9 Å². The molecule has 98 valence electrons. The standard InChI is InChI=1S/C14H20N2O2/c1-18-13(17)10-16-9-5-8-12(15)14(16)11-6-3-2-4-7-11/h2-4,6-7,12,14H,5,8-10,15H2,1H3/t12-,14-/m0/s1. The lowest BCUT2D eigenvalue weighted by molar-refractivity contribution is -0.143. The molecule has 0 aliphatic carbocycles. The van der Waals surface area contributed by atoms with Crippen LogP contribution in [-0.4, -0.2) is 37.1 Å². The summed E-state index contributed by atoms with van der Waals surface area (Å²) < 4.78 is 4.75. The van der Waals surface area contributed by atoms with Crippen molar-refractivity contribution < 1.29 is 9.53 Å². The van der Waals surface area contributed by atoms with Crippen LogP contribution in [0.2, 0.25) is 0 Å². The Morgan fingerprint density at radius 1 is 1.44 bits per heavy atom. The van der Waals surface area contributed by atoms with E-state index in [1.807, 2.05) is 18.2 Å². The number of hydrogen-bond acceptors (Lipinski definition) is 4. The maximum Gasteiger partial charge on any atom is 0.319 e. The zero-order valence-corrected chi connectivity index (χ0v) is 10.7. The molecule has 2 rings (SSSR count). The molecule has 1 aliphatic heterocycles. The molecule has 1 fully saturated rings. The summed E-state index contributed by atoms with van der Waals surface area (Å²) in [5.41, 5.74) is 7.40. The Balaban J connectivity index is 2.18. The summed E-state index contributed by atoms with van der Waals surface area (Å²) in [5.74, 6) is -0.204. The number of hydrogen-bond donors (Lipinski definition) is 1. The minimum Gasteiger partial charge on any atom is -0.468 e. The number of carbonyl (C=O) groups is 1. The van der Waals surface area contributed by atoms with E-state index < -0.39 is 0 Å². The normalized spacial score (nSPS) is 24.8. The van der Waals surface area contributed by atoms with Gasteiger partial charge in [-0.05, 0) is 24.9 Å². The third kappa shape index (κ3) is 2.89. The Kier molecular flexibility index (Phi) is 4.33. The number of benzene rings is 1. The second-order valence-electron chi connectivity index (χ2n) is 4.71. The molecule has 1 aromatic carbocycles. The first-order valence-corrected chi connectivity index (χ1v) is 6.33. The molecule has 0 radical (unpaired) electrons. The Hall–Kier alpha value is -1.39. The summed E-state index contributed by atoms with van der Waals surface area (Å²) >= 11 is 0. The average Bonchev–Trinajstić information content (AvgIpc) is 2.40. The van der Waals surface area contributed by atoms with Crippen LogP contribution in [0, 0.1) is 0 Å². The number of ether oxygens (including phenoxy) is 1. The van der Waals surface area contributed by atoms with E-state index in [0.29, 0.717) is 6.54 Å². The summed E-state index contributed by atoms with van der Waals surface area (Å²) in [4.78, 5) is 13.6. The first-order chi connectivity index (χ1) is 8.72. The maximum absolute atomic E-state index is 11.5. The van der Waals surface area contributed by atoms with E-state index in [0.717, 1.165) is 19.4 Å². The first-order valence-electron chi connectivity index (χ1n) is 6.33. The van der Waals surface area contributed by atoms with Crippen LogP contribution < -0.4 is 5.73 Å². The zero-order chi connectivity index (χ0) is 13.0. The molecule has 1 saturated heterocycles. The summed E-state index contributed by atoms with van der Waals surface area (Å²) in [6.45, 7) is 1.20. The zero-order valence-electron chi connectivity index (χ0n) is 10.7. The second-order valence-corrected chi connectivity index (χ2v) is 4.71. The van der Waals surface area contributed by atoms with E-state index >= 15 is 0 Å². The lowest BCUT2D eigenvalue weighted by atomic mass is 9.91. The fourth-order valence-electron chi connectivity index (χ4n) is 2.61. The molecular formula is C14H20N2O2. The lowest BCUT2D eigenvalue weighted by Crippen LogP contribution is -2.47. The number of methoxy groups -OCH3 is 1. The van der Waals surface area contributed by atoms with E-state index in [1.165, 1.54) is 12.7 Å². The Labute approximate surface area is 108 Å². The maximum atomic E-state index is 11.5. The van der Waals surface area contributed by atoms with Gasteiger partial charge in [0.25, 0.3) is 0 Å². The van der Waals surface area contributed by atoms with Crippen LogP contribution in [0.1, 0.15) is 24.4 Å². The van der Waals surface area contributed by atoms with Gasteiger partial charge in [-0.2, -0.15) is 0 Å². The van der Waals surface area contributed by atoms with Crippen LogP contribution >= 0.6 is 0 Å². The number of nitrogens with two attached hydrogens (primary N) is 1. The largest absolute Gasteiger partial charge is 0.468 e. The van der Waals surface area contributed by atoms with Crippen molar-refractivity contribution in [3.8, 4) is 0 Å². The van der Waals surface area contributed by atoms with Gasteiger partial charge in [-0.1, -0.05) is 30.3 Å². The molecule has 0 aromatic heterocycles. The van der Waals surface area contributed by atoms with Gasteiger partial charge in [0.1, 0.15) is 0 Å². The number of nitrogens with zero attached hydrogens (tertiary/aromatic N) is 1. The molecule has 4 nitrogen and oxygen atoms in total. The molecule has 18 heavy (non-hydrogen) atoms. The van der Waals surface area contributed by atoms with E-state index in [2.05, 4.69) is 17.0 Å². The van der Waals surface area contributed by atoms with Crippen molar-refractivity contribution in [1.82, 2.24) is 4.90 Å². The summed E-state index contributed by atoms with van der Waals surface area (Å²) in [6.07, 6.45) is 2.03. The molecule has 1 aliphatic rings. The summed E-state index contributed by atoms with van der Waals surface area (Å²) in [6, 6.07) is 10.3. The highest BCUT2D eigenvalue weighted by Gasteiger charge is 2.31. The van der Waals surface area contributed by atoms with E-state index in [1.54, 1.807) is 0 Å². The number of likely N-dealkylation sites (tertiary alicyclic amines) is 1. The monoisotopic (exact) mass is 248 g/mol. The molecule has 0 bridgehead atoms. The Morgan fingerprint density at radius 2 is 2.17 bits per heavy atom. The van der Waals surface area contributed by atoms with E-state index in [4.69, 9.17) is 10.5 Å². The lowest BCUT2D eigenvalue weighted by Gasteiger charge is -2.39. The minimum atomic E-state index is -0.204. The molecule has 0 amide bonds. The Morgan fingerprint density at radius 3 is 2.83 bits per heavy atom. The highest BCUT2D eigenvalue weighted by molar-refractivity contribution is 5.71. The molecule has 0 spiro atoms. The third-order valence-corrected chi connectivity index (χ3v) is 3.48. The number of rotatable bonds is 3. The summed E-state index contributed by atoms with van der Waals surface area (Å²) in [5, 5.41) is 0. The van der Waals surface area contributed by atoms with Crippen molar-refractivity contribution in [2.75, 3.05) is 20.2 Å². The SMILES string of the molecule is COC(=O)CN1CCC[C@H](N)[C@@H]1c1ccccc1. The topological polar surface area (TPSA) is 55.6 Å². The average molecular weight is 248 g/mol. The molecular weight excluding hydrogens is 228 g/mol. The Bertz CT molecular complexity index is 394. The van der Waals surface area contributed by atoms with Gasteiger partial charge < -0.3 is 10.5 Å². The van der Waals surface area contributed by atoms with Gasteiger partial charge in [-0.3, -0.25) is 9.69 Å². The van der Waals surface area contributed by atoms with Crippen LogP contribution in [0.3, 0.4) is 0 Å². The summed E-state index contributed by atoms with van der Waals surface area (Å²) in [7, 11) is 1.42. The smallest absolute Gasteiger partial charge is 0.319 e. The second kappa shape index (κ2) is 5.98. The van der Waals surface area contributed by atoms with E-state index in [9.17, 15) is 4.79 Å². The van der Waals surface area contributed by atoms with Crippen LogP contribution in [0.15, 0.2) is 30.3 Å². The van der Waals surface area contributed by atoms with Gasteiger partial charge in [-0.15, -0.1) is 0 Å². The van der Waals surface area contributed by atoms with E-state index in [-0.39, 0.29) is 18.1 Å². The number of piperidine rings is 1. The van der Waals surface area contributed by atoms with Gasteiger partial charge in [-0.25, -0.2) is 0 Å². The predicted octanol–water partition coefficient (Wildman–Crippen LogP) is 1.32. The molecule has 2 N–H and O–H groups in total. The van der Waals surface area contributed by atoms with Gasteiger partial charge in [0.05, 0.1) is 19.7 Å². The highest BCUT2D eigenvalue weighted by atomic mass is 16.5. The molecule has 0 unspecified atom stereocenters. The predicted molar refractivity (Wildman–Crippen MR) is 70.0 cm³/mol. The van der Waals surface area contributed by atoms with Crippen molar-refractivity contribution in [3.63, 3.8) is 0 Å². The van der Waals surface area contributed by atoms with Crippen molar-refractivity contribution in [2.24, 2.45) is 5.73 Å². The van der Waals surface area contributed by atoms with Crippen LogP contribution in [-0.2, 0) is 9.53 Å². The highest BCUT2D eigenvalue weighted by Crippen LogP contribution is 2.29. The van der Waals surface area contributed by atoms with Gasteiger partial charge >= 0.3 is 5.97 Å². The fraction of sp³-hybridized carbons (Fsp3) is 0.500. The molecule has 1 heterocycles. The van der Waals surface area contributed by atoms with Crippen LogP contribution in [0.4, 0.5) is 0 Å².